The molecular weight excluding hydrogens is 286 g/mol. The second-order valence-corrected chi connectivity index (χ2v) is 5.78. The van der Waals surface area contributed by atoms with Crippen molar-refractivity contribution in [1.82, 2.24) is 14.5 Å². The van der Waals surface area contributed by atoms with E-state index in [9.17, 15) is 0 Å². The molecule has 0 bridgehead atoms. The van der Waals surface area contributed by atoms with Gasteiger partial charge in [-0.25, -0.2) is 9.97 Å². The summed E-state index contributed by atoms with van der Waals surface area (Å²) in [4.78, 5) is 8.91. The number of hydrogen-bond acceptors (Lipinski definition) is 3. The first kappa shape index (κ1) is 13.8. The van der Waals surface area contributed by atoms with E-state index < -0.39 is 0 Å². The van der Waals surface area contributed by atoms with Crippen LogP contribution in [0.2, 0.25) is 0 Å². The first-order valence-corrected chi connectivity index (χ1v) is 7.61. The van der Waals surface area contributed by atoms with Gasteiger partial charge in [-0.3, -0.25) is 4.57 Å². The lowest BCUT2D eigenvalue weighted by Gasteiger charge is -2.13. The van der Waals surface area contributed by atoms with Gasteiger partial charge in [-0.05, 0) is 43.2 Å². The highest BCUT2D eigenvalue weighted by atomic mass is 16.3. The fourth-order valence-electron chi connectivity index (χ4n) is 3.06. The second-order valence-electron chi connectivity index (χ2n) is 5.78. The lowest BCUT2D eigenvalue weighted by Crippen LogP contribution is -2.01. The van der Waals surface area contributed by atoms with Crippen LogP contribution in [0, 0.1) is 20.8 Å². The fourth-order valence-corrected chi connectivity index (χ4v) is 3.06. The highest BCUT2D eigenvalue weighted by Gasteiger charge is 2.13. The minimum absolute atomic E-state index is 0.676. The molecule has 0 saturated carbocycles. The third-order valence-corrected chi connectivity index (χ3v) is 4.07. The van der Waals surface area contributed by atoms with Crippen molar-refractivity contribution in [3.8, 4) is 17.1 Å². The zero-order chi connectivity index (χ0) is 16.0. The van der Waals surface area contributed by atoms with Crippen LogP contribution in [0.15, 0.2) is 53.2 Å². The van der Waals surface area contributed by atoms with Crippen molar-refractivity contribution in [2.75, 3.05) is 0 Å². The first-order valence-electron chi connectivity index (χ1n) is 7.61. The van der Waals surface area contributed by atoms with E-state index in [2.05, 4.69) is 46.6 Å². The maximum atomic E-state index is 5.65. The molecule has 0 N–H and O–H groups in total. The zero-order valence-electron chi connectivity index (χ0n) is 13.4. The van der Waals surface area contributed by atoms with Crippen LogP contribution in [0.3, 0.4) is 0 Å². The molecule has 0 atom stereocenters. The molecule has 0 amide bonds. The Morgan fingerprint density at radius 2 is 1.78 bits per heavy atom. The number of aryl methyl sites for hydroxylation is 3. The van der Waals surface area contributed by atoms with Crippen molar-refractivity contribution in [2.24, 2.45) is 0 Å². The maximum Gasteiger partial charge on any atom is 0.192 e. The van der Waals surface area contributed by atoms with Gasteiger partial charge in [-0.1, -0.05) is 18.2 Å². The molecule has 114 valence electrons. The maximum absolute atomic E-state index is 5.65. The molecular formula is C19H17N3O. The van der Waals surface area contributed by atoms with E-state index in [0.717, 1.165) is 22.5 Å². The van der Waals surface area contributed by atoms with Crippen LogP contribution in [-0.2, 0) is 0 Å². The molecule has 0 radical (unpaired) electrons. The second kappa shape index (κ2) is 5.09. The van der Waals surface area contributed by atoms with Gasteiger partial charge in [0.25, 0.3) is 0 Å². The number of imidazole rings is 1. The summed E-state index contributed by atoms with van der Waals surface area (Å²) in [7, 11) is 0. The molecule has 0 aliphatic heterocycles. The van der Waals surface area contributed by atoms with Crippen molar-refractivity contribution >= 4 is 11.1 Å². The predicted molar refractivity (Wildman–Crippen MR) is 90.8 cm³/mol. The summed E-state index contributed by atoms with van der Waals surface area (Å²) in [6.07, 6.45) is 3.83. The average Bonchev–Trinajstić information content (AvgIpc) is 3.11. The Kier molecular flexibility index (Phi) is 3.05. The quantitative estimate of drug-likeness (QED) is 0.543. The number of hydrogen-bond donors (Lipinski definition) is 0. The number of rotatable bonds is 2. The van der Waals surface area contributed by atoms with Crippen LogP contribution >= 0.6 is 0 Å². The van der Waals surface area contributed by atoms with Gasteiger partial charge in [-0.15, -0.1) is 0 Å². The van der Waals surface area contributed by atoms with E-state index >= 15 is 0 Å². The topological polar surface area (TPSA) is 43.9 Å². The minimum atomic E-state index is 0.676. The van der Waals surface area contributed by atoms with E-state index in [-0.39, 0.29) is 0 Å². The third kappa shape index (κ3) is 2.23. The lowest BCUT2D eigenvalue weighted by atomic mass is 10.1. The molecule has 4 aromatic rings. The van der Waals surface area contributed by atoms with Crippen molar-refractivity contribution in [3.05, 3.63) is 65.8 Å². The molecule has 0 fully saturated rings. The number of oxazole rings is 1. The molecule has 23 heavy (non-hydrogen) atoms. The SMILES string of the molecule is Cc1nc2ccc(-c3nccn3-c3c(C)cccc3C)cc2o1. The number of nitrogens with zero attached hydrogens (tertiary/aromatic N) is 3. The van der Waals surface area contributed by atoms with Crippen molar-refractivity contribution in [2.45, 2.75) is 20.8 Å². The smallest absolute Gasteiger partial charge is 0.192 e. The number of benzene rings is 2. The minimum Gasteiger partial charge on any atom is -0.441 e. The van der Waals surface area contributed by atoms with Gasteiger partial charge in [0.15, 0.2) is 11.5 Å². The summed E-state index contributed by atoms with van der Waals surface area (Å²) in [6, 6.07) is 12.3. The van der Waals surface area contributed by atoms with E-state index in [1.54, 1.807) is 0 Å². The van der Waals surface area contributed by atoms with Crippen LogP contribution in [-0.4, -0.2) is 14.5 Å². The van der Waals surface area contributed by atoms with Crippen molar-refractivity contribution in [1.29, 1.82) is 0 Å². The molecule has 0 spiro atoms. The van der Waals surface area contributed by atoms with Crippen molar-refractivity contribution in [3.63, 3.8) is 0 Å². The summed E-state index contributed by atoms with van der Waals surface area (Å²) in [5.74, 6) is 1.58. The summed E-state index contributed by atoms with van der Waals surface area (Å²) < 4.78 is 7.79. The molecule has 4 nitrogen and oxygen atoms in total. The zero-order valence-corrected chi connectivity index (χ0v) is 13.4. The Hall–Kier alpha value is -2.88. The van der Waals surface area contributed by atoms with Gasteiger partial charge >= 0.3 is 0 Å². The monoisotopic (exact) mass is 303 g/mol. The van der Waals surface area contributed by atoms with E-state index in [1.807, 2.05) is 37.5 Å². The molecule has 0 saturated heterocycles. The Bertz CT molecular complexity index is 990. The molecule has 4 rings (SSSR count). The number of fused-ring (bicyclic) bond motifs is 1. The molecule has 0 unspecified atom stereocenters. The molecule has 2 heterocycles. The van der Waals surface area contributed by atoms with Gasteiger partial charge in [0.05, 0.1) is 5.69 Å². The van der Waals surface area contributed by atoms with Crippen LogP contribution in [0.5, 0.6) is 0 Å². The molecule has 2 aromatic heterocycles. The normalized spacial score (nSPS) is 11.3. The molecule has 2 aromatic carbocycles. The summed E-state index contributed by atoms with van der Waals surface area (Å²) in [5, 5.41) is 0. The Balaban J connectivity index is 1.91. The lowest BCUT2D eigenvalue weighted by molar-refractivity contribution is 0.561. The van der Waals surface area contributed by atoms with Gasteiger partial charge in [0, 0.05) is 24.9 Å². The number of para-hydroxylation sites is 1. The highest BCUT2D eigenvalue weighted by molar-refractivity contribution is 5.79. The van der Waals surface area contributed by atoms with E-state index in [0.29, 0.717) is 5.89 Å². The Morgan fingerprint density at radius 3 is 2.57 bits per heavy atom. The fraction of sp³-hybridized carbons (Fsp3) is 0.158. The average molecular weight is 303 g/mol. The highest BCUT2D eigenvalue weighted by Crippen LogP contribution is 2.28. The summed E-state index contributed by atoms with van der Waals surface area (Å²) in [5.41, 5.74) is 6.30. The van der Waals surface area contributed by atoms with Gasteiger partial charge in [0.1, 0.15) is 11.3 Å². The van der Waals surface area contributed by atoms with Gasteiger partial charge in [0.2, 0.25) is 0 Å². The standard InChI is InChI=1S/C19H17N3O/c1-12-5-4-6-13(2)18(12)22-10-9-20-19(22)15-7-8-16-17(11-15)23-14(3)21-16/h4-11H,1-3H3. The van der Waals surface area contributed by atoms with E-state index in [1.165, 1.54) is 16.8 Å². The summed E-state index contributed by atoms with van der Waals surface area (Å²) in [6.45, 7) is 6.10. The predicted octanol–water partition coefficient (Wildman–Crippen LogP) is 4.61. The van der Waals surface area contributed by atoms with Crippen molar-refractivity contribution < 1.29 is 4.42 Å². The van der Waals surface area contributed by atoms with Crippen LogP contribution in [0.25, 0.3) is 28.2 Å². The Morgan fingerprint density at radius 1 is 1.00 bits per heavy atom. The van der Waals surface area contributed by atoms with Crippen LogP contribution in [0.1, 0.15) is 17.0 Å². The van der Waals surface area contributed by atoms with E-state index in [4.69, 9.17) is 4.42 Å². The first-order chi connectivity index (χ1) is 11.1. The largest absolute Gasteiger partial charge is 0.441 e. The molecule has 4 heteroatoms. The third-order valence-electron chi connectivity index (χ3n) is 4.07. The van der Waals surface area contributed by atoms with Gasteiger partial charge < -0.3 is 4.42 Å². The van der Waals surface area contributed by atoms with Crippen LogP contribution in [0.4, 0.5) is 0 Å². The molecule has 0 aliphatic carbocycles. The molecule has 0 aliphatic rings. The Labute approximate surface area is 134 Å². The summed E-state index contributed by atoms with van der Waals surface area (Å²) >= 11 is 0. The van der Waals surface area contributed by atoms with Crippen LogP contribution < -0.4 is 0 Å². The number of aromatic nitrogens is 3. The van der Waals surface area contributed by atoms with Gasteiger partial charge in [-0.2, -0.15) is 0 Å².